The van der Waals surface area contributed by atoms with Gasteiger partial charge in [-0.25, -0.2) is 9.59 Å². The molecule has 0 spiro atoms. The highest BCUT2D eigenvalue weighted by Crippen LogP contribution is 2.26. The van der Waals surface area contributed by atoms with Crippen LogP contribution in [0, 0.1) is 0 Å². The van der Waals surface area contributed by atoms with Crippen molar-refractivity contribution >= 4 is 17.7 Å². The van der Waals surface area contributed by atoms with Crippen molar-refractivity contribution < 1.29 is 19.4 Å². The van der Waals surface area contributed by atoms with Crippen LogP contribution in [0.15, 0.2) is 24.3 Å². The summed E-state index contributed by atoms with van der Waals surface area (Å²) in [5.74, 6) is -1.05. The fourth-order valence-corrected chi connectivity index (χ4v) is 1.90. The van der Waals surface area contributed by atoms with Gasteiger partial charge in [-0.3, -0.25) is 4.90 Å². The molecule has 1 fully saturated rings. The van der Waals surface area contributed by atoms with Gasteiger partial charge in [-0.15, -0.1) is 0 Å². The molecule has 1 aliphatic heterocycles. The van der Waals surface area contributed by atoms with Gasteiger partial charge in [-0.1, -0.05) is 12.1 Å². The number of carboxylic acid groups (broad SMARTS) is 1. The van der Waals surface area contributed by atoms with E-state index in [0.29, 0.717) is 18.7 Å². The molecule has 1 saturated heterocycles. The molecule has 0 aliphatic carbocycles. The Hall–Kier alpha value is -2.04. The second-order valence-electron chi connectivity index (χ2n) is 3.94. The van der Waals surface area contributed by atoms with Crippen molar-refractivity contribution in [2.45, 2.75) is 19.4 Å². The molecule has 2 rings (SSSR count). The van der Waals surface area contributed by atoms with Crippen LogP contribution in [0.5, 0.6) is 0 Å². The molecule has 90 valence electrons. The highest BCUT2D eigenvalue weighted by Gasteiger charge is 2.30. The van der Waals surface area contributed by atoms with Crippen LogP contribution in [-0.2, 0) is 4.74 Å². The van der Waals surface area contributed by atoms with Gasteiger partial charge in [0.25, 0.3) is 0 Å². The fraction of sp³-hybridized carbons (Fsp3) is 0.333. The van der Waals surface area contributed by atoms with E-state index in [-0.39, 0.29) is 11.6 Å². The Bertz CT molecular complexity index is 458. The van der Waals surface area contributed by atoms with E-state index < -0.39 is 12.1 Å². The van der Waals surface area contributed by atoms with Gasteiger partial charge in [0.1, 0.15) is 0 Å². The zero-order valence-corrected chi connectivity index (χ0v) is 9.42. The van der Waals surface area contributed by atoms with Crippen LogP contribution < -0.4 is 4.90 Å². The third kappa shape index (κ3) is 2.08. The van der Waals surface area contributed by atoms with Crippen LogP contribution in [0.4, 0.5) is 10.5 Å². The molecule has 1 amide bonds. The number of hydrogen-bond acceptors (Lipinski definition) is 3. The normalized spacial score (nSPS) is 19.9. The number of nitrogens with zero attached hydrogens (tertiary/aromatic N) is 1. The lowest BCUT2D eigenvalue weighted by Gasteiger charge is -2.33. The number of hydrogen-bond donors (Lipinski definition) is 1. The largest absolute Gasteiger partial charge is 0.478 e. The van der Waals surface area contributed by atoms with E-state index in [4.69, 9.17) is 9.84 Å². The molecule has 1 heterocycles. The molecule has 1 aromatic rings. The Kier molecular flexibility index (Phi) is 2.99. The second-order valence-corrected chi connectivity index (χ2v) is 3.94. The number of carboxylic acids is 1. The number of ether oxygens (including phenoxy) is 1. The first-order valence-electron chi connectivity index (χ1n) is 5.39. The molecule has 5 heteroatoms. The predicted molar refractivity (Wildman–Crippen MR) is 61.3 cm³/mol. The van der Waals surface area contributed by atoms with Crippen molar-refractivity contribution in [2.24, 2.45) is 0 Å². The quantitative estimate of drug-likeness (QED) is 0.852. The molecule has 1 unspecified atom stereocenters. The summed E-state index contributed by atoms with van der Waals surface area (Å²) < 4.78 is 4.94. The van der Waals surface area contributed by atoms with Gasteiger partial charge in [-0.05, 0) is 19.1 Å². The molecule has 0 radical (unpaired) electrons. The summed E-state index contributed by atoms with van der Waals surface area (Å²) in [4.78, 5) is 24.2. The highest BCUT2D eigenvalue weighted by molar-refractivity contribution is 6.00. The third-order valence-electron chi connectivity index (χ3n) is 2.79. The van der Waals surface area contributed by atoms with Crippen LogP contribution in [0.25, 0.3) is 0 Å². The Morgan fingerprint density at radius 2 is 2.18 bits per heavy atom. The average Bonchev–Trinajstić information content (AvgIpc) is 2.29. The smallest absolute Gasteiger partial charge is 0.414 e. The summed E-state index contributed by atoms with van der Waals surface area (Å²) in [5.41, 5.74) is 0.496. The zero-order chi connectivity index (χ0) is 12.4. The minimum absolute atomic E-state index is 0.0586. The van der Waals surface area contributed by atoms with Crippen LogP contribution in [0.3, 0.4) is 0 Å². The summed E-state index contributed by atoms with van der Waals surface area (Å²) >= 11 is 0. The number of carbonyl (C=O) groups is 2. The van der Waals surface area contributed by atoms with Crippen LogP contribution in [-0.4, -0.2) is 29.8 Å². The minimum Gasteiger partial charge on any atom is -0.478 e. The zero-order valence-electron chi connectivity index (χ0n) is 9.42. The van der Waals surface area contributed by atoms with Crippen molar-refractivity contribution in [2.75, 3.05) is 11.5 Å². The summed E-state index contributed by atoms with van der Waals surface area (Å²) in [6.45, 7) is 2.25. The Morgan fingerprint density at radius 3 is 2.82 bits per heavy atom. The lowest BCUT2D eigenvalue weighted by atomic mass is 10.1. The van der Waals surface area contributed by atoms with Crippen LogP contribution in [0.1, 0.15) is 23.7 Å². The number of anilines is 1. The number of cyclic esters (lactones) is 1. The standard InChI is InChI=1S/C12H13NO4/c1-8-6-7-17-12(16)13(8)10-5-3-2-4-9(10)11(14)15/h2-5,8H,6-7H2,1H3,(H,14,15). The van der Waals surface area contributed by atoms with E-state index in [1.807, 2.05) is 6.92 Å². The maximum Gasteiger partial charge on any atom is 0.414 e. The fourth-order valence-electron chi connectivity index (χ4n) is 1.90. The lowest BCUT2D eigenvalue weighted by molar-refractivity contribution is 0.0697. The second kappa shape index (κ2) is 4.45. The predicted octanol–water partition coefficient (Wildman–Crippen LogP) is 2.12. The maximum atomic E-state index is 11.7. The van der Waals surface area contributed by atoms with Gasteiger partial charge < -0.3 is 9.84 Å². The van der Waals surface area contributed by atoms with E-state index in [1.165, 1.54) is 11.0 Å². The van der Waals surface area contributed by atoms with Crippen LogP contribution in [0.2, 0.25) is 0 Å². The lowest BCUT2D eigenvalue weighted by Crippen LogP contribution is -2.44. The number of para-hydroxylation sites is 1. The summed E-state index contributed by atoms with van der Waals surface area (Å²) in [6, 6.07) is 6.37. The molecule has 17 heavy (non-hydrogen) atoms. The third-order valence-corrected chi connectivity index (χ3v) is 2.79. The van der Waals surface area contributed by atoms with Crippen molar-refractivity contribution in [3.63, 3.8) is 0 Å². The topological polar surface area (TPSA) is 66.8 Å². The summed E-state index contributed by atoms with van der Waals surface area (Å²) in [5, 5.41) is 9.09. The molecule has 5 nitrogen and oxygen atoms in total. The minimum atomic E-state index is -1.05. The number of benzene rings is 1. The molecular formula is C12H13NO4. The van der Waals surface area contributed by atoms with Crippen molar-refractivity contribution in [1.82, 2.24) is 0 Å². The maximum absolute atomic E-state index is 11.7. The van der Waals surface area contributed by atoms with Gasteiger partial charge in [0.05, 0.1) is 17.9 Å². The monoisotopic (exact) mass is 235 g/mol. The molecule has 0 bridgehead atoms. The van der Waals surface area contributed by atoms with E-state index in [0.717, 1.165) is 0 Å². The highest BCUT2D eigenvalue weighted by atomic mass is 16.6. The molecule has 1 aliphatic rings. The number of carbonyl (C=O) groups excluding carboxylic acids is 1. The van der Waals surface area contributed by atoms with Crippen molar-refractivity contribution in [1.29, 1.82) is 0 Å². The first kappa shape index (κ1) is 11.4. The van der Waals surface area contributed by atoms with Crippen molar-refractivity contribution in [3.05, 3.63) is 29.8 Å². The Labute approximate surface area is 98.6 Å². The number of rotatable bonds is 2. The molecule has 0 saturated carbocycles. The van der Waals surface area contributed by atoms with Crippen molar-refractivity contribution in [3.8, 4) is 0 Å². The molecule has 1 N–H and O–H groups in total. The first-order valence-corrected chi connectivity index (χ1v) is 5.39. The summed E-state index contributed by atoms with van der Waals surface area (Å²) in [6.07, 6.45) is 0.206. The van der Waals surface area contributed by atoms with E-state index in [9.17, 15) is 9.59 Å². The number of amides is 1. The first-order chi connectivity index (χ1) is 8.11. The van der Waals surface area contributed by atoms with Gasteiger partial charge in [-0.2, -0.15) is 0 Å². The summed E-state index contributed by atoms with van der Waals surface area (Å²) in [7, 11) is 0. The van der Waals surface area contributed by atoms with Gasteiger partial charge in [0, 0.05) is 12.5 Å². The Morgan fingerprint density at radius 1 is 1.47 bits per heavy atom. The average molecular weight is 235 g/mol. The van der Waals surface area contributed by atoms with Gasteiger partial charge in [0.15, 0.2) is 0 Å². The van der Waals surface area contributed by atoms with E-state index in [2.05, 4.69) is 0 Å². The van der Waals surface area contributed by atoms with Crippen LogP contribution >= 0.6 is 0 Å². The molecule has 1 atom stereocenters. The molecule has 1 aromatic carbocycles. The number of aromatic carboxylic acids is 1. The molecule has 0 aromatic heterocycles. The molecular weight excluding hydrogens is 222 g/mol. The van der Waals surface area contributed by atoms with E-state index in [1.54, 1.807) is 18.2 Å². The Balaban J connectivity index is 2.44. The van der Waals surface area contributed by atoms with Gasteiger partial charge >= 0.3 is 12.1 Å². The van der Waals surface area contributed by atoms with Gasteiger partial charge in [0.2, 0.25) is 0 Å². The SMILES string of the molecule is CC1CCOC(=O)N1c1ccccc1C(=O)O. The van der Waals surface area contributed by atoms with E-state index >= 15 is 0 Å².